The third-order valence-corrected chi connectivity index (χ3v) is 4.61. The van der Waals surface area contributed by atoms with Gasteiger partial charge < -0.3 is 10.6 Å². The highest BCUT2D eigenvalue weighted by atomic mass is 32.2. The number of hydrogen-bond acceptors (Lipinski definition) is 4. The molecule has 4 heteroatoms. The predicted molar refractivity (Wildman–Crippen MR) is 74.5 cm³/mol. The van der Waals surface area contributed by atoms with Crippen LogP contribution in [0, 0.1) is 0 Å². The van der Waals surface area contributed by atoms with Gasteiger partial charge in [-0.3, -0.25) is 0 Å². The minimum atomic E-state index is 0.694. The fourth-order valence-corrected chi connectivity index (χ4v) is 3.62. The van der Waals surface area contributed by atoms with Crippen molar-refractivity contribution in [3.05, 3.63) is 18.3 Å². The van der Waals surface area contributed by atoms with Crippen molar-refractivity contribution < 1.29 is 0 Å². The fraction of sp³-hybridized carbons (Fsp3) is 0.615. The number of nitrogens with zero attached hydrogens (tertiary/aromatic N) is 2. The number of aromatic nitrogens is 1. The molecule has 1 aromatic rings. The average molecular weight is 249 g/mol. The molecule has 0 atom stereocenters. The summed E-state index contributed by atoms with van der Waals surface area (Å²) in [5, 5.41) is 0. The van der Waals surface area contributed by atoms with Crippen molar-refractivity contribution in [1.29, 1.82) is 0 Å². The molecule has 1 saturated heterocycles. The molecule has 0 spiro atoms. The summed E-state index contributed by atoms with van der Waals surface area (Å²) < 4.78 is 0. The van der Waals surface area contributed by atoms with E-state index >= 15 is 0 Å². The van der Waals surface area contributed by atoms with Gasteiger partial charge in [0.05, 0.1) is 11.9 Å². The predicted octanol–water partition coefficient (Wildman–Crippen LogP) is 2.53. The van der Waals surface area contributed by atoms with Crippen molar-refractivity contribution in [3.8, 4) is 0 Å². The van der Waals surface area contributed by atoms with Crippen LogP contribution < -0.4 is 10.6 Å². The Balaban J connectivity index is 1.81. The lowest BCUT2D eigenvalue weighted by Crippen LogP contribution is -2.40. The number of rotatable bonds is 3. The van der Waals surface area contributed by atoms with Crippen molar-refractivity contribution in [2.75, 3.05) is 22.1 Å². The molecule has 1 aliphatic heterocycles. The lowest BCUT2D eigenvalue weighted by Gasteiger charge is -2.35. The summed E-state index contributed by atoms with van der Waals surface area (Å²) in [4.78, 5) is 7.06. The minimum Gasteiger partial charge on any atom is -0.397 e. The molecule has 1 saturated carbocycles. The molecule has 2 fully saturated rings. The summed E-state index contributed by atoms with van der Waals surface area (Å²) in [7, 11) is 0. The quantitative estimate of drug-likeness (QED) is 0.894. The highest BCUT2D eigenvalue weighted by Crippen LogP contribution is 2.36. The van der Waals surface area contributed by atoms with Crippen molar-refractivity contribution in [1.82, 2.24) is 4.98 Å². The lowest BCUT2D eigenvalue weighted by atomic mass is 10.1. The van der Waals surface area contributed by atoms with Gasteiger partial charge in [-0.05, 0) is 49.3 Å². The van der Waals surface area contributed by atoms with Crippen LogP contribution in [-0.4, -0.2) is 28.6 Å². The first-order valence-electron chi connectivity index (χ1n) is 6.42. The topological polar surface area (TPSA) is 42.1 Å². The maximum absolute atomic E-state index is 5.71. The van der Waals surface area contributed by atoms with Gasteiger partial charge in [0.2, 0.25) is 0 Å². The number of thioether (sulfide) groups is 1. The van der Waals surface area contributed by atoms with E-state index < -0.39 is 0 Å². The van der Waals surface area contributed by atoms with E-state index in [-0.39, 0.29) is 0 Å². The molecule has 1 aromatic heterocycles. The summed E-state index contributed by atoms with van der Waals surface area (Å²) in [5.41, 5.74) is 6.47. The standard InChI is InChI=1S/C13H19N3S/c14-10-1-4-13(15-9-10)16(11-2-3-11)12-5-7-17-8-6-12/h1,4,9,11-12H,2-3,5-8,14H2. The van der Waals surface area contributed by atoms with Gasteiger partial charge in [-0.25, -0.2) is 4.98 Å². The van der Waals surface area contributed by atoms with Crippen LogP contribution in [-0.2, 0) is 0 Å². The van der Waals surface area contributed by atoms with Gasteiger partial charge in [-0.1, -0.05) is 0 Å². The molecule has 92 valence electrons. The Bertz CT molecular complexity index is 369. The van der Waals surface area contributed by atoms with Crippen LogP contribution in [0.15, 0.2) is 18.3 Å². The van der Waals surface area contributed by atoms with Gasteiger partial charge in [-0.15, -0.1) is 0 Å². The van der Waals surface area contributed by atoms with Crippen molar-refractivity contribution in [2.24, 2.45) is 0 Å². The molecular weight excluding hydrogens is 230 g/mol. The molecule has 2 aliphatic rings. The van der Waals surface area contributed by atoms with Crippen LogP contribution in [0.4, 0.5) is 11.5 Å². The molecule has 0 unspecified atom stereocenters. The monoisotopic (exact) mass is 249 g/mol. The number of nitrogens with two attached hydrogens (primary N) is 1. The van der Waals surface area contributed by atoms with Crippen molar-refractivity contribution in [2.45, 2.75) is 37.8 Å². The lowest BCUT2D eigenvalue weighted by molar-refractivity contribution is 0.545. The summed E-state index contributed by atoms with van der Waals surface area (Å²) in [6.07, 6.45) is 7.04. The summed E-state index contributed by atoms with van der Waals surface area (Å²) in [5.74, 6) is 3.71. The zero-order chi connectivity index (χ0) is 11.7. The average Bonchev–Trinajstić information content (AvgIpc) is 3.18. The maximum atomic E-state index is 5.71. The van der Waals surface area contributed by atoms with Crippen LogP contribution in [0.25, 0.3) is 0 Å². The normalized spacial score (nSPS) is 21.4. The first-order chi connectivity index (χ1) is 8.34. The Hall–Kier alpha value is -0.900. The molecule has 0 radical (unpaired) electrons. The third-order valence-electron chi connectivity index (χ3n) is 3.56. The highest BCUT2D eigenvalue weighted by Gasteiger charge is 2.35. The van der Waals surface area contributed by atoms with Gasteiger partial charge in [0.25, 0.3) is 0 Å². The second-order valence-electron chi connectivity index (χ2n) is 4.93. The summed E-state index contributed by atoms with van der Waals surface area (Å²) in [6, 6.07) is 5.48. The molecule has 0 bridgehead atoms. The van der Waals surface area contributed by atoms with E-state index in [1.165, 1.54) is 37.2 Å². The van der Waals surface area contributed by atoms with Gasteiger partial charge in [0.15, 0.2) is 0 Å². The molecule has 17 heavy (non-hydrogen) atoms. The molecule has 3 rings (SSSR count). The number of pyridine rings is 1. The molecule has 1 aliphatic carbocycles. The largest absolute Gasteiger partial charge is 0.397 e. The number of hydrogen-bond donors (Lipinski definition) is 1. The minimum absolute atomic E-state index is 0.694. The highest BCUT2D eigenvalue weighted by molar-refractivity contribution is 7.99. The second kappa shape index (κ2) is 4.77. The van der Waals surface area contributed by atoms with Crippen LogP contribution in [0.5, 0.6) is 0 Å². The van der Waals surface area contributed by atoms with E-state index in [1.807, 2.05) is 6.07 Å². The molecule has 0 amide bonds. The Morgan fingerprint density at radius 1 is 1.12 bits per heavy atom. The van der Waals surface area contributed by atoms with Crippen molar-refractivity contribution in [3.63, 3.8) is 0 Å². The maximum Gasteiger partial charge on any atom is 0.129 e. The van der Waals surface area contributed by atoms with Crippen LogP contribution >= 0.6 is 11.8 Å². The Labute approximate surface area is 107 Å². The van der Waals surface area contributed by atoms with Crippen LogP contribution in [0.2, 0.25) is 0 Å². The molecular formula is C13H19N3S. The van der Waals surface area contributed by atoms with E-state index in [1.54, 1.807) is 6.20 Å². The first-order valence-corrected chi connectivity index (χ1v) is 7.57. The van der Waals surface area contributed by atoms with E-state index in [9.17, 15) is 0 Å². The Kier molecular flexibility index (Phi) is 3.14. The zero-order valence-corrected chi connectivity index (χ0v) is 10.8. The smallest absolute Gasteiger partial charge is 0.129 e. The van der Waals surface area contributed by atoms with E-state index in [2.05, 4.69) is 27.7 Å². The summed E-state index contributed by atoms with van der Waals surface area (Å²) >= 11 is 2.08. The summed E-state index contributed by atoms with van der Waals surface area (Å²) in [6.45, 7) is 0. The van der Waals surface area contributed by atoms with Crippen LogP contribution in [0.1, 0.15) is 25.7 Å². The van der Waals surface area contributed by atoms with Crippen molar-refractivity contribution >= 4 is 23.3 Å². The molecule has 0 aromatic carbocycles. The van der Waals surface area contributed by atoms with E-state index in [4.69, 9.17) is 5.73 Å². The molecule has 3 nitrogen and oxygen atoms in total. The molecule has 2 heterocycles. The molecule has 2 N–H and O–H groups in total. The van der Waals surface area contributed by atoms with Gasteiger partial charge >= 0.3 is 0 Å². The van der Waals surface area contributed by atoms with Crippen LogP contribution in [0.3, 0.4) is 0 Å². The second-order valence-corrected chi connectivity index (χ2v) is 6.16. The van der Waals surface area contributed by atoms with Gasteiger partial charge in [0.1, 0.15) is 5.82 Å². The third kappa shape index (κ3) is 2.51. The number of nitrogen functional groups attached to an aromatic ring is 1. The van der Waals surface area contributed by atoms with E-state index in [0.29, 0.717) is 6.04 Å². The van der Waals surface area contributed by atoms with Gasteiger partial charge in [-0.2, -0.15) is 11.8 Å². The van der Waals surface area contributed by atoms with E-state index in [0.717, 1.165) is 17.5 Å². The van der Waals surface area contributed by atoms with Gasteiger partial charge in [0, 0.05) is 12.1 Å². The number of anilines is 2. The Morgan fingerprint density at radius 2 is 1.82 bits per heavy atom. The SMILES string of the molecule is Nc1ccc(N(C2CCSCC2)C2CC2)nc1. The first kappa shape index (κ1) is 11.2. The fourth-order valence-electron chi connectivity index (χ4n) is 2.54. The zero-order valence-electron chi connectivity index (χ0n) is 10.0. The Morgan fingerprint density at radius 3 is 2.41 bits per heavy atom.